The number of nitrogens with one attached hydrogen (secondary N) is 1. The van der Waals surface area contributed by atoms with Crippen molar-refractivity contribution in [2.24, 2.45) is 5.92 Å². The van der Waals surface area contributed by atoms with Crippen LogP contribution in [0.1, 0.15) is 45.9 Å². The third-order valence-corrected chi connectivity index (χ3v) is 6.76. The molecule has 1 atom stereocenters. The average molecular weight is 544 g/mol. The monoisotopic (exact) mass is 543 g/mol. The summed E-state index contributed by atoms with van der Waals surface area (Å²) < 4.78 is 40.6. The second kappa shape index (κ2) is 11.3. The number of halogens is 2. The first-order valence-electron chi connectivity index (χ1n) is 13.4. The summed E-state index contributed by atoms with van der Waals surface area (Å²) in [6, 6.07) is 8.75. The molecule has 2 fully saturated rings. The number of amides is 1. The van der Waals surface area contributed by atoms with Crippen LogP contribution in [0.2, 0.25) is 0 Å². The highest BCUT2D eigenvalue weighted by molar-refractivity contribution is 5.78. The van der Waals surface area contributed by atoms with Gasteiger partial charge < -0.3 is 24.6 Å². The van der Waals surface area contributed by atoms with E-state index >= 15 is 0 Å². The first-order chi connectivity index (χ1) is 18.7. The number of piperidine rings is 1. The smallest absolute Gasteiger partial charge is 0.410 e. The van der Waals surface area contributed by atoms with Crippen LogP contribution in [0, 0.1) is 5.92 Å². The van der Waals surface area contributed by atoms with Crippen molar-refractivity contribution in [2.45, 2.75) is 45.6 Å². The molecule has 1 aromatic carbocycles. The molecule has 2 saturated heterocycles. The van der Waals surface area contributed by atoms with Gasteiger partial charge in [-0.3, -0.25) is 4.57 Å². The zero-order valence-electron chi connectivity index (χ0n) is 22.6. The summed E-state index contributed by atoms with van der Waals surface area (Å²) in [5.74, 6) is 1.08. The van der Waals surface area contributed by atoms with Crippen LogP contribution in [0.5, 0.6) is 0 Å². The lowest BCUT2D eigenvalue weighted by Crippen LogP contribution is -2.44. The van der Waals surface area contributed by atoms with E-state index in [1.807, 2.05) is 20.8 Å². The van der Waals surface area contributed by atoms with Crippen LogP contribution >= 0.6 is 0 Å². The van der Waals surface area contributed by atoms with E-state index in [4.69, 9.17) is 14.5 Å². The molecule has 0 radical (unpaired) electrons. The fraction of sp³-hybridized carbons (Fsp3) is 0.556. The lowest BCUT2D eigenvalue weighted by atomic mass is 9.98. The largest absolute Gasteiger partial charge is 0.444 e. The Hall–Kier alpha value is -3.54. The van der Waals surface area contributed by atoms with Gasteiger partial charge in [-0.25, -0.2) is 18.6 Å². The highest BCUT2D eigenvalue weighted by atomic mass is 19.3. The third-order valence-electron chi connectivity index (χ3n) is 6.76. The van der Waals surface area contributed by atoms with Crippen LogP contribution in [0.15, 0.2) is 30.3 Å². The summed E-state index contributed by atoms with van der Waals surface area (Å²) >= 11 is 0. The van der Waals surface area contributed by atoms with Crippen LogP contribution in [-0.2, 0) is 9.47 Å². The maximum atomic E-state index is 14.1. The highest BCUT2D eigenvalue weighted by Crippen LogP contribution is 2.29. The second-order valence-electron chi connectivity index (χ2n) is 10.9. The summed E-state index contributed by atoms with van der Waals surface area (Å²) in [5, 5.41) is 3.32. The molecule has 2 aliphatic rings. The second-order valence-corrected chi connectivity index (χ2v) is 10.9. The Balaban J connectivity index is 1.42. The number of para-hydroxylation sites is 2. The van der Waals surface area contributed by atoms with E-state index in [1.165, 1.54) is 4.57 Å². The summed E-state index contributed by atoms with van der Waals surface area (Å²) in [5.41, 5.74) is 0.463. The molecule has 2 aromatic heterocycles. The molecule has 0 saturated carbocycles. The number of hydrogen-bond donors (Lipinski definition) is 1. The Kier molecular flexibility index (Phi) is 7.83. The van der Waals surface area contributed by atoms with Gasteiger partial charge in [0, 0.05) is 38.8 Å². The number of likely N-dealkylation sites (tertiary alicyclic amines) is 1. The number of nitrogens with zero attached hydrogens (tertiary/aromatic N) is 6. The maximum absolute atomic E-state index is 14.1. The molecule has 0 spiro atoms. The van der Waals surface area contributed by atoms with E-state index < -0.39 is 12.0 Å². The third kappa shape index (κ3) is 6.38. The van der Waals surface area contributed by atoms with Crippen molar-refractivity contribution in [3.8, 4) is 5.82 Å². The van der Waals surface area contributed by atoms with Gasteiger partial charge in [0.15, 0.2) is 5.82 Å². The SMILES string of the molecule is CC(C)(C)OC(=O)N1CCC[C@H](CNc2nc(N3CCOCC3)cc(-n3c(C(F)F)nc4ccccc43)n2)C1. The molecule has 210 valence electrons. The Morgan fingerprint density at radius 2 is 1.87 bits per heavy atom. The number of rotatable bonds is 6. The Labute approximate surface area is 226 Å². The lowest BCUT2D eigenvalue weighted by molar-refractivity contribution is 0.0172. The molecule has 5 rings (SSSR count). The van der Waals surface area contributed by atoms with Gasteiger partial charge >= 0.3 is 6.09 Å². The minimum atomic E-state index is -2.78. The molecule has 0 unspecified atom stereocenters. The van der Waals surface area contributed by atoms with Gasteiger partial charge in [0.05, 0.1) is 24.2 Å². The van der Waals surface area contributed by atoms with Crippen LogP contribution < -0.4 is 10.2 Å². The zero-order valence-corrected chi connectivity index (χ0v) is 22.6. The van der Waals surface area contributed by atoms with Gasteiger partial charge in [-0.1, -0.05) is 12.1 Å². The molecule has 4 heterocycles. The number of carbonyl (C=O) groups excluding carboxylic acids is 1. The van der Waals surface area contributed by atoms with Crippen molar-refractivity contribution >= 4 is 28.9 Å². The normalized spacial score (nSPS) is 18.6. The number of ether oxygens (including phenoxy) is 2. The summed E-state index contributed by atoms with van der Waals surface area (Å²) in [4.78, 5) is 30.0. The number of aromatic nitrogens is 4. The molecule has 2 aliphatic heterocycles. The van der Waals surface area contributed by atoms with Crippen molar-refractivity contribution in [3.05, 3.63) is 36.2 Å². The average Bonchev–Trinajstić information content (AvgIpc) is 3.32. The predicted molar refractivity (Wildman–Crippen MR) is 144 cm³/mol. The maximum Gasteiger partial charge on any atom is 0.410 e. The molecular formula is C27H35F2N7O3. The lowest BCUT2D eigenvalue weighted by Gasteiger charge is -2.34. The first kappa shape index (κ1) is 27.0. The van der Waals surface area contributed by atoms with Crippen LogP contribution in [0.25, 0.3) is 16.9 Å². The van der Waals surface area contributed by atoms with Gasteiger partial charge in [-0.15, -0.1) is 0 Å². The molecule has 0 aliphatic carbocycles. The Bertz CT molecular complexity index is 1300. The Morgan fingerprint density at radius 1 is 1.13 bits per heavy atom. The number of benzene rings is 1. The van der Waals surface area contributed by atoms with E-state index in [2.05, 4.69) is 20.2 Å². The summed E-state index contributed by atoms with van der Waals surface area (Å²) in [6.45, 7) is 9.68. The van der Waals surface area contributed by atoms with Gasteiger partial charge in [0.1, 0.15) is 17.2 Å². The van der Waals surface area contributed by atoms with Crippen LogP contribution in [0.3, 0.4) is 0 Å². The minimum Gasteiger partial charge on any atom is -0.444 e. The highest BCUT2D eigenvalue weighted by Gasteiger charge is 2.28. The van der Waals surface area contributed by atoms with Gasteiger partial charge in [-0.2, -0.15) is 9.97 Å². The quantitative estimate of drug-likeness (QED) is 0.480. The van der Waals surface area contributed by atoms with Crippen molar-refractivity contribution in [3.63, 3.8) is 0 Å². The van der Waals surface area contributed by atoms with Crippen molar-refractivity contribution in [1.29, 1.82) is 0 Å². The molecule has 12 heteroatoms. The topological polar surface area (TPSA) is 97.6 Å². The van der Waals surface area contributed by atoms with Gasteiger partial charge in [-0.05, 0) is 51.7 Å². The molecule has 39 heavy (non-hydrogen) atoms. The van der Waals surface area contributed by atoms with Crippen LogP contribution in [0.4, 0.5) is 25.3 Å². The number of fused-ring (bicyclic) bond motifs is 1. The zero-order chi connectivity index (χ0) is 27.6. The van der Waals surface area contributed by atoms with E-state index in [0.29, 0.717) is 74.6 Å². The number of anilines is 2. The molecule has 0 bridgehead atoms. The number of morpholine rings is 1. The standard InChI is InChI=1S/C27H35F2N7O3/c1-27(2,3)39-26(37)35-10-6-7-18(17-35)16-30-25-32-21(34-11-13-38-14-12-34)15-22(33-25)36-20-9-5-4-8-19(20)31-24(36)23(28)29/h4-5,8-9,15,18,23H,6-7,10-14,16-17H2,1-3H3,(H,30,32,33)/t18-/m1/s1. The number of hydrogen-bond acceptors (Lipinski definition) is 8. The first-order valence-corrected chi connectivity index (χ1v) is 13.4. The number of carbonyl (C=O) groups is 1. The number of imidazole rings is 1. The fourth-order valence-electron chi connectivity index (χ4n) is 4.96. The van der Waals surface area contributed by atoms with E-state index in [0.717, 1.165) is 12.8 Å². The number of alkyl halides is 2. The summed E-state index contributed by atoms with van der Waals surface area (Å²) in [6.07, 6.45) is -1.29. The predicted octanol–water partition coefficient (Wildman–Crippen LogP) is 4.65. The van der Waals surface area contributed by atoms with Gasteiger partial charge in [0.25, 0.3) is 6.43 Å². The fourth-order valence-corrected chi connectivity index (χ4v) is 4.96. The van der Waals surface area contributed by atoms with E-state index in [9.17, 15) is 13.6 Å². The van der Waals surface area contributed by atoms with E-state index in [-0.39, 0.29) is 17.8 Å². The molecule has 3 aromatic rings. The molecule has 1 amide bonds. The molecule has 10 nitrogen and oxygen atoms in total. The van der Waals surface area contributed by atoms with Gasteiger partial charge in [0.2, 0.25) is 5.95 Å². The van der Waals surface area contributed by atoms with Crippen LogP contribution in [-0.4, -0.2) is 82.1 Å². The summed E-state index contributed by atoms with van der Waals surface area (Å²) in [7, 11) is 0. The molecule has 1 N–H and O–H groups in total. The van der Waals surface area contributed by atoms with E-state index in [1.54, 1.807) is 35.2 Å². The Morgan fingerprint density at radius 3 is 2.62 bits per heavy atom. The van der Waals surface area contributed by atoms with Crippen molar-refractivity contribution < 1.29 is 23.0 Å². The van der Waals surface area contributed by atoms with Crippen molar-refractivity contribution in [1.82, 2.24) is 24.4 Å². The van der Waals surface area contributed by atoms with Crippen molar-refractivity contribution in [2.75, 3.05) is 56.2 Å². The minimum absolute atomic E-state index is 0.163. The molecular weight excluding hydrogens is 508 g/mol.